The maximum absolute atomic E-state index is 12.7. The van der Waals surface area contributed by atoms with Gasteiger partial charge in [0.25, 0.3) is 0 Å². The van der Waals surface area contributed by atoms with E-state index in [4.69, 9.17) is 9.15 Å². The molecule has 0 saturated heterocycles. The van der Waals surface area contributed by atoms with Gasteiger partial charge >= 0.3 is 7.60 Å². The molecule has 2 aromatic rings. The third kappa shape index (κ3) is 4.00. The molecule has 0 radical (unpaired) electrons. The van der Waals surface area contributed by atoms with Gasteiger partial charge in [0.05, 0.1) is 5.30 Å². The van der Waals surface area contributed by atoms with E-state index >= 15 is 0 Å². The molecule has 20 heavy (non-hydrogen) atoms. The van der Waals surface area contributed by atoms with Gasteiger partial charge in [0.1, 0.15) is 5.75 Å². The second kappa shape index (κ2) is 6.78. The third-order valence-corrected chi connectivity index (χ3v) is 4.32. The molecule has 0 fully saturated rings. The minimum Gasteiger partial charge on any atom is -0.758 e. The van der Waals surface area contributed by atoms with Crippen LogP contribution in [0.3, 0.4) is 0 Å². The lowest BCUT2D eigenvalue weighted by atomic mass is 10.3. The van der Waals surface area contributed by atoms with Crippen LogP contribution in [0.25, 0.3) is 0 Å². The van der Waals surface area contributed by atoms with Gasteiger partial charge in [-0.2, -0.15) is 4.62 Å². The lowest BCUT2D eigenvalue weighted by molar-refractivity contribution is 0.232. The van der Waals surface area contributed by atoms with Crippen molar-refractivity contribution in [1.29, 1.82) is 0 Å². The van der Waals surface area contributed by atoms with Crippen LogP contribution < -0.4 is 14.7 Å². The van der Waals surface area contributed by atoms with Gasteiger partial charge in [0, 0.05) is 11.3 Å². The Morgan fingerprint density at radius 3 is 2.10 bits per heavy atom. The van der Waals surface area contributed by atoms with Gasteiger partial charge in [-0.05, 0) is 24.3 Å². The predicted molar refractivity (Wildman–Crippen MR) is 73.9 cm³/mol. The fourth-order valence-electron chi connectivity index (χ4n) is 1.43. The lowest BCUT2D eigenvalue weighted by Crippen LogP contribution is -2.22. The van der Waals surface area contributed by atoms with E-state index in [1.165, 1.54) is 12.1 Å². The highest BCUT2D eigenvalue weighted by Gasteiger charge is 2.30. The topological polar surface area (TPSA) is 87.7 Å². The molecule has 0 aliphatic heterocycles. The zero-order valence-electron chi connectivity index (χ0n) is 10.2. The molecule has 8 heteroatoms. The minimum absolute atomic E-state index is 0.238. The number of hydrogen-bond donors (Lipinski definition) is 1. The van der Waals surface area contributed by atoms with Crippen LogP contribution in [0, 0.1) is 0 Å². The fourth-order valence-corrected chi connectivity index (χ4v) is 3.25. The van der Waals surface area contributed by atoms with E-state index in [0.717, 1.165) is 0 Å². The van der Waals surface area contributed by atoms with Gasteiger partial charge in [-0.25, -0.2) is 4.57 Å². The molecule has 0 spiro atoms. The molecule has 2 atom stereocenters. The van der Waals surface area contributed by atoms with E-state index in [2.05, 4.69) is 0 Å². The van der Waals surface area contributed by atoms with Crippen molar-refractivity contribution >= 4 is 24.2 Å². The van der Waals surface area contributed by atoms with Crippen LogP contribution in [0.2, 0.25) is 0 Å². The molecule has 6 nitrogen and oxygen atoms in total. The largest absolute Gasteiger partial charge is 0.758 e. The number of nitrogens with one attached hydrogen (secondary N) is 1. The van der Waals surface area contributed by atoms with Crippen molar-refractivity contribution < 1.29 is 22.5 Å². The van der Waals surface area contributed by atoms with E-state index in [0.29, 0.717) is 5.75 Å². The predicted octanol–water partition coefficient (Wildman–Crippen LogP) is 1.90. The first-order valence-corrected chi connectivity index (χ1v) is 8.16. The summed E-state index contributed by atoms with van der Waals surface area (Å²) in [6.45, 7) is 0. The molecule has 0 amide bonds. The number of para-hydroxylation sites is 1. The van der Waals surface area contributed by atoms with Crippen molar-refractivity contribution in [2.75, 3.05) is 0 Å². The van der Waals surface area contributed by atoms with Crippen molar-refractivity contribution in [2.45, 2.75) is 0 Å². The monoisotopic (exact) mass is 312 g/mol. The highest BCUT2D eigenvalue weighted by molar-refractivity contribution is 7.77. The SMILES string of the molecule is O=S([O-])NOP(=O)(Oc1ccccc1)c1ccccc1. The molecule has 2 unspecified atom stereocenters. The third-order valence-electron chi connectivity index (χ3n) is 2.27. The number of hydrogen-bond acceptors (Lipinski definition) is 5. The normalized spacial score (nSPS) is 15.2. The highest BCUT2D eigenvalue weighted by Crippen LogP contribution is 2.46. The highest BCUT2D eigenvalue weighted by atomic mass is 32.2. The van der Waals surface area contributed by atoms with Gasteiger partial charge in [0.2, 0.25) is 0 Å². The van der Waals surface area contributed by atoms with Crippen LogP contribution in [-0.2, 0) is 20.5 Å². The molecular weight excluding hydrogens is 301 g/mol. The van der Waals surface area contributed by atoms with Crippen LogP contribution in [0.15, 0.2) is 60.7 Å². The van der Waals surface area contributed by atoms with Crippen molar-refractivity contribution in [3.05, 3.63) is 60.7 Å². The molecule has 0 aliphatic rings. The van der Waals surface area contributed by atoms with Gasteiger partial charge in [-0.1, -0.05) is 36.4 Å². The van der Waals surface area contributed by atoms with E-state index in [1.54, 1.807) is 53.4 Å². The van der Waals surface area contributed by atoms with Crippen LogP contribution in [0.4, 0.5) is 0 Å². The van der Waals surface area contributed by atoms with Crippen LogP contribution in [-0.4, -0.2) is 8.76 Å². The summed E-state index contributed by atoms with van der Waals surface area (Å²) in [5, 5.41) is 0.238. The van der Waals surface area contributed by atoms with E-state index < -0.39 is 18.9 Å². The second-order valence-electron chi connectivity index (χ2n) is 3.65. The summed E-state index contributed by atoms with van der Waals surface area (Å²) in [4.78, 5) is 1.63. The van der Waals surface area contributed by atoms with Crippen LogP contribution >= 0.6 is 7.60 Å². The smallest absolute Gasteiger partial charge is 0.427 e. The summed E-state index contributed by atoms with van der Waals surface area (Å²) in [6, 6.07) is 16.4. The fraction of sp³-hybridized carbons (Fsp3) is 0. The molecule has 2 aromatic carbocycles. The van der Waals surface area contributed by atoms with Gasteiger partial charge in [0.15, 0.2) is 0 Å². The number of rotatable bonds is 6. The zero-order chi connectivity index (χ0) is 14.4. The van der Waals surface area contributed by atoms with E-state index in [9.17, 15) is 13.3 Å². The van der Waals surface area contributed by atoms with Gasteiger partial charge in [-0.3, -0.25) is 4.21 Å². The van der Waals surface area contributed by atoms with Crippen molar-refractivity contribution in [1.82, 2.24) is 4.89 Å². The molecule has 1 N–H and O–H groups in total. The summed E-state index contributed by atoms with van der Waals surface area (Å²) in [6.07, 6.45) is 0. The second-order valence-corrected chi connectivity index (χ2v) is 6.16. The van der Waals surface area contributed by atoms with E-state index in [1.807, 2.05) is 0 Å². The van der Waals surface area contributed by atoms with Crippen molar-refractivity contribution in [3.63, 3.8) is 0 Å². The number of benzene rings is 2. The average molecular weight is 312 g/mol. The lowest BCUT2D eigenvalue weighted by Gasteiger charge is -2.19. The Labute approximate surface area is 118 Å². The summed E-state index contributed by atoms with van der Waals surface area (Å²) in [5.74, 6) is 0.304. The first-order valence-electron chi connectivity index (χ1n) is 5.54. The molecule has 0 aliphatic carbocycles. The molecule has 0 heterocycles. The summed E-state index contributed by atoms with van der Waals surface area (Å²) < 4.78 is 43.8. The molecule has 106 valence electrons. The molecule has 0 saturated carbocycles. The maximum Gasteiger partial charge on any atom is 0.427 e. The van der Waals surface area contributed by atoms with Crippen molar-refractivity contribution in [3.8, 4) is 5.75 Å². The first kappa shape index (κ1) is 14.9. The van der Waals surface area contributed by atoms with Gasteiger partial charge < -0.3 is 9.08 Å². The maximum atomic E-state index is 12.7. The standard InChI is InChI=1S/C12H12NO5PS/c14-19(18-13-20(15)16,12-9-5-2-6-10-12)17-11-7-3-1-4-8-11/h1-10,13H,(H,15,16)/p-1. The van der Waals surface area contributed by atoms with Crippen LogP contribution in [0.1, 0.15) is 0 Å². The Balaban J connectivity index is 2.29. The van der Waals surface area contributed by atoms with Crippen LogP contribution in [0.5, 0.6) is 5.75 Å². The summed E-state index contributed by atoms with van der Waals surface area (Å²) in [7, 11) is -3.85. The minimum atomic E-state index is -3.85. The summed E-state index contributed by atoms with van der Waals surface area (Å²) >= 11 is -2.72. The average Bonchev–Trinajstić information content (AvgIpc) is 2.47. The molecule has 0 aromatic heterocycles. The molecule has 0 bridgehead atoms. The summed E-state index contributed by atoms with van der Waals surface area (Å²) in [5.41, 5.74) is 0. The van der Waals surface area contributed by atoms with E-state index in [-0.39, 0.29) is 5.30 Å². The Morgan fingerprint density at radius 2 is 1.55 bits per heavy atom. The van der Waals surface area contributed by atoms with Gasteiger partial charge in [-0.15, -0.1) is 4.89 Å². The quantitative estimate of drug-likeness (QED) is 0.500. The molecular formula is C12H11NO5PS-. The first-order chi connectivity index (χ1) is 9.60. The zero-order valence-corrected chi connectivity index (χ0v) is 11.9. The van der Waals surface area contributed by atoms with Crippen molar-refractivity contribution in [2.24, 2.45) is 0 Å². The Hall–Kier alpha value is -1.50. The Kier molecular flexibility index (Phi) is 5.05. The molecule has 2 rings (SSSR count). The Bertz CT molecular complexity index is 622. The Morgan fingerprint density at radius 1 is 1.00 bits per heavy atom.